The summed E-state index contributed by atoms with van der Waals surface area (Å²) in [5.74, 6) is 2.97. The van der Waals surface area contributed by atoms with Crippen LogP contribution in [0, 0.1) is 23.7 Å². The molecular formula is C11H20N2O2S. The Morgan fingerprint density at radius 1 is 0.938 bits per heavy atom. The van der Waals surface area contributed by atoms with Crippen molar-refractivity contribution in [3.05, 3.63) is 0 Å². The molecule has 16 heavy (non-hydrogen) atoms. The molecular weight excluding hydrogens is 224 g/mol. The van der Waals surface area contributed by atoms with E-state index in [0.29, 0.717) is 11.8 Å². The molecule has 4 fully saturated rings. The molecule has 2 N–H and O–H groups in total. The minimum Gasteiger partial charge on any atom is -0.205 e. The molecule has 0 aromatic heterocycles. The molecule has 4 saturated carbocycles. The second-order valence-corrected chi connectivity index (χ2v) is 7.43. The molecule has 4 nitrogen and oxygen atoms in total. The lowest BCUT2D eigenvalue weighted by Gasteiger charge is -2.54. The van der Waals surface area contributed by atoms with Crippen molar-refractivity contribution in [2.45, 2.75) is 38.1 Å². The fourth-order valence-electron chi connectivity index (χ4n) is 4.36. The van der Waals surface area contributed by atoms with Crippen LogP contribution in [0.4, 0.5) is 0 Å². The van der Waals surface area contributed by atoms with Gasteiger partial charge in [-0.15, -0.1) is 0 Å². The van der Waals surface area contributed by atoms with E-state index in [4.69, 9.17) is 0 Å². The Hall–Kier alpha value is -0.130. The molecule has 4 rings (SSSR count). The van der Waals surface area contributed by atoms with Gasteiger partial charge in [-0.2, -0.15) is 13.1 Å². The summed E-state index contributed by atoms with van der Waals surface area (Å²) in [4.78, 5) is 0. The van der Waals surface area contributed by atoms with Crippen LogP contribution in [0.2, 0.25) is 0 Å². The van der Waals surface area contributed by atoms with Crippen LogP contribution in [0.25, 0.3) is 0 Å². The lowest BCUT2D eigenvalue weighted by Crippen LogP contribution is -2.57. The van der Waals surface area contributed by atoms with Crippen LogP contribution >= 0.6 is 0 Å². The fraction of sp³-hybridized carbons (Fsp3) is 1.00. The molecule has 0 aliphatic heterocycles. The van der Waals surface area contributed by atoms with Crippen LogP contribution < -0.4 is 9.44 Å². The van der Waals surface area contributed by atoms with Crippen molar-refractivity contribution in [2.75, 3.05) is 7.05 Å². The lowest BCUT2D eigenvalue weighted by atomic mass is 9.54. The highest BCUT2D eigenvalue weighted by Gasteiger charge is 2.49. The van der Waals surface area contributed by atoms with Gasteiger partial charge in [0.15, 0.2) is 0 Å². The topological polar surface area (TPSA) is 58.2 Å². The summed E-state index contributed by atoms with van der Waals surface area (Å²) in [5.41, 5.74) is 0. The number of rotatable bonds is 3. The molecule has 5 heteroatoms. The van der Waals surface area contributed by atoms with E-state index >= 15 is 0 Å². The summed E-state index contributed by atoms with van der Waals surface area (Å²) in [5, 5.41) is 0. The van der Waals surface area contributed by atoms with Crippen molar-refractivity contribution in [1.82, 2.24) is 9.44 Å². The highest BCUT2D eigenvalue weighted by molar-refractivity contribution is 7.87. The van der Waals surface area contributed by atoms with Crippen molar-refractivity contribution in [3.8, 4) is 0 Å². The summed E-state index contributed by atoms with van der Waals surface area (Å²) in [6.45, 7) is 0. The van der Waals surface area contributed by atoms with Gasteiger partial charge in [-0.05, 0) is 55.8 Å². The molecule has 0 radical (unpaired) electrons. The van der Waals surface area contributed by atoms with Crippen LogP contribution in [0.5, 0.6) is 0 Å². The van der Waals surface area contributed by atoms with Crippen molar-refractivity contribution in [2.24, 2.45) is 23.7 Å². The molecule has 0 heterocycles. The summed E-state index contributed by atoms with van der Waals surface area (Å²) in [6, 6.07) is 0.199. The van der Waals surface area contributed by atoms with Crippen LogP contribution in [-0.2, 0) is 10.2 Å². The van der Waals surface area contributed by atoms with Gasteiger partial charge in [0.2, 0.25) is 0 Å². The van der Waals surface area contributed by atoms with Crippen LogP contribution in [0.15, 0.2) is 0 Å². The molecule has 0 unspecified atom stereocenters. The van der Waals surface area contributed by atoms with E-state index in [1.54, 1.807) is 0 Å². The van der Waals surface area contributed by atoms with Crippen LogP contribution in [0.3, 0.4) is 0 Å². The first-order chi connectivity index (χ1) is 7.57. The first-order valence-electron chi connectivity index (χ1n) is 6.28. The van der Waals surface area contributed by atoms with Gasteiger partial charge in [0.25, 0.3) is 10.2 Å². The van der Waals surface area contributed by atoms with Crippen molar-refractivity contribution in [1.29, 1.82) is 0 Å². The van der Waals surface area contributed by atoms with Gasteiger partial charge in [0, 0.05) is 13.1 Å². The third kappa shape index (κ3) is 1.79. The Labute approximate surface area is 97.4 Å². The van der Waals surface area contributed by atoms with E-state index in [9.17, 15) is 8.42 Å². The SMILES string of the molecule is CNS(=O)(=O)NC1C2CC3CC(C2)CC1C3. The Morgan fingerprint density at radius 2 is 1.44 bits per heavy atom. The Morgan fingerprint density at radius 3 is 1.88 bits per heavy atom. The molecule has 0 amide bonds. The Kier molecular flexibility index (Phi) is 2.53. The highest BCUT2D eigenvalue weighted by Crippen LogP contribution is 2.53. The van der Waals surface area contributed by atoms with E-state index in [-0.39, 0.29) is 6.04 Å². The van der Waals surface area contributed by atoms with Gasteiger partial charge in [-0.25, -0.2) is 4.72 Å². The summed E-state index contributed by atoms with van der Waals surface area (Å²) >= 11 is 0. The molecule has 0 spiro atoms. The normalized spacial score (nSPS) is 46.2. The fourth-order valence-corrected chi connectivity index (χ4v) is 5.22. The van der Waals surface area contributed by atoms with Gasteiger partial charge in [0.05, 0.1) is 0 Å². The molecule has 0 atom stereocenters. The van der Waals surface area contributed by atoms with Crippen molar-refractivity contribution >= 4 is 10.2 Å². The largest absolute Gasteiger partial charge is 0.276 e. The van der Waals surface area contributed by atoms with E-state index in [1.165, 1.54) is 39.2 Å². The second kappa shape index (κ2) is 3.68. The molecule has 0 aromatic carbocycles. The van der Waals surface area contributed by atoms with E-state index in [2.05, 4.69) is 9.44 Å². The molecule has 4 aliphatic rings. The standard InChI is InChI=1S/C11H20N2O2S/c1-12-16(14,15)13-11-9-3-7-2-8(5-9)6-10(11)4-7/h7-13H,2-6H2,1H3. The van der Waals surface area contributed by atoms with Gasteiger partial charge in [0.1, 0.15) is 0 Å². The maximum atomic E-state index is 11.6. The first kappa shape index (κ1) is 11.0. The molecule has 4 aliphatic carbocycles. The number of nitrogens with one attached hydrogen (secondary N) is 2. The van der Waals surface area contributed by atoms with Crippen molar-refractivity contribution in [3.63, 3.8) is 0 Å². The Bertz CT molecular complexity index is 351. The third-order valence-electron chi connectivity index (χ3n) is 4.79. The predicted molar refractivity (Wildman–Crippen MR) is 61.9 cm³/mol. The lowest BCUT2D eigenvalue weighted by molar-refractivity contribution is -0.00566. The maximum absolute atomic E-state index is 11.6. The highest BCUT2D eigenvalue weighted by atomic mass is 32.2. The minimum absolute atomic E-state index is 0.199. The zero-order valence-electron chi connectivity index (χ0n) is 9.65. The number of hydrogen-bond acceptors (Lipinski definition) is 2. The average Bonchev–Trinajstić information content (AvgIpc) is 2.22. The first-order valence-corrected chi connectivity index (χ1v) is 7.76. The minimum atomic E-state index is -3.26. The van der Waals surface area contributed by atoms with E-state index in [1.807, 2.05) is 0 Å². The van der Waals surface area contributed by atoms with Gasteiger partial charge in [-0.1, -0.05) is 0 Å². The van der Waals surface area contributed by atoms with Gasteiger partial charge in [-0.3, -0.25) is 0 Å². The monoisotopic (exact) mass is 244 g/mol. The average molecular weight is 244 g/mol. The smallest absolute Gasteiger partial charge is 0.205 e. The maximum Gasteiger partial charge on any atom is 0.276 e. The Balaban J connectivity index is 1.77. The second-order valence-electron chi connectivity index (χ2n) is 5.78. The molecule has 4 bridgehead atoms. The van der Waals surface area contributed by atoms with Gasteiger partial charge >= 0.3 is 0 Å². The van der Waals surface area contributed by atoms with Crippen molar-refractivity contribution < 1.29 is 8.42 Å². The number of hydrogen-bond donors (Lipinski definition) is 2. The summed E-state index contributed by atoms with van der Waals surface area (Å²) in [7, 11) is -1.79. The zero-order valence-corrected chi connectivity index (χ0v) is 10.5. The molecule has 92 valence electrons. The summed E-state index contributed by atoms with van der Waals surface area (Å²) in [6.07, 6.45) is 6.36. The molecule has 0 saturated heterocycles. The van der Waals surface area contributed by atoms with E-state index in [0.717, 1.165) is 11.8 Å². The quantitative estimate of drug-likeness (QED) is 0.774. The third-order valence-corrected chi connectivity index (χ3v) is 5.91. The van der Waals surface area contributed by atoms with Gasteiger partial charge < -0.3 is 0 Å². The van der Waals surface area contributed by atoms with E-state index < -0.39 is 10.2 Å². The summed E-state index contributed by atoms with van der Waals surface area (Å²) < 4.78 is 28.3. The van der Waals surface area contributed by atoms with Crippen LogP contribution in [0.1, 0.15) is 32.1 Å². The van der Waals surface area contributed by atoms with Crippen LogP contribution in [-0.4, -0.2) is 21.5 Å². The predicted octanol–water partition coefficient (Wildman–Crippen LogP) is 0.865. The molecule has 0 aromatic rings. The zero-order chi connectivity index (χ0) is 11.3.